The number of nitrogens with one attached hydrogen (secondary N) is 1. The van der Waals surface area contributed by atoms with Gasteiger partial charge in [-0.15, -0.1) is 0 Å². The van der Waals surface area contributed by atoms with Crippen LogP contribution in [0, 0.1) is 0 Å². The predicted octanol–water partition coefficient (Wildman–Crippen LogP) is 0.963. The second kappa shape index (κ2) is 4.78. The Labute approximate surface area is 110 Å². The molecule has 1 fully saturated rings. The molecule has 0 aliphatic carbocycles. The highest BCUT2D eigenvalue weighted by Gasteiger charge is 2.29. The van der Waals surface area contributed by atoms with Crippen LogP contribution in [-0.4, -0.2) is 37.0 Å². The average molecular weight is 290 g/mol. The van der Waals surface area contributed by atoms with Crippen LogP contribution in [-0.2, 0) is 9.84 Å². The molecule has 0 aromatic heterocycles. The number of benzene rings is 1. The lowest BCUT2D eigenvalue weighted by Gasteiger charge is -2.11. The Kier molecular flexibility index (Phi) is 3.49. The minimum atomic E-state index is -3.04. The minimum Gasteiger partial charge on any atom is -0.508 e. The average Bonchev–Trinajstić information content (AvgIpc) is 2.61. The molecule has 0 spiro atoms. The fourth-order valence-corrected chi connectivity index (χ4v) is 3.74. The summed E-state index contributed by atoms with van der Waals surface area (Å²) in [6.45, 7) is 0. The highest BCUT2D eigenvalue weighted by molar-refractivity contribution is 7.91. The summed E-state index contributed by atoms with van der Waals surface area (Å²) in [6, 6.07) is 3.65. The third-order valence-corrected chi connectivity index (χ3v) is 4.86. The summed E-state index contributed by atoms with van der Waals surface area (Å²) in [4.78, 5) is 11.9. The van der Waals surface area contributed by atoms with Crippen LogP contribution < -0.4 is 5.32 Å². The van der Waals surface area contributed by atoms with E-state index in [1.54, 1.807) is 0 Å². The number of carbonyl (C=O) groups is 1. The van der Waals surface area contributed by atoms with Gasteiger partial charge in [0, 0.05) is 6.04 Å². The SMILES string of the molecule is O=C(NC1CCS(=O)(=O)C1)c1cc(O)ccc1Cl. The molecule has 0 saturated carbocycles. The van der Waals surface area contributed by atoms with E-state index in [4.69, 9.17) is 11.6 Å². The summed E-state index contributed by atoms with van der Waals surface area (Å²) in [5.74, 6) is -0.498. The Morgan fingerprint density at radius 2 is 2.17 bits per heavy atom. The lowest BCUT2D eigenvalue weighted by Crippen LogP contribution is -2.35. The molecule has 2 rings (SSSR count). The molecule has 1 aliphatic rings. The van der Waals surface area contributed by atoms with E-state index in [9.17, 15) is 18.3 Å². The molecule has 1 atom stereocenters. The second-order valence-corrected chi connectivity index (χ2v) is 6.87. The molecule has 1 unspecified atom stereocenters. The first-order chi connectivity index (χ1) is 8.37. The van der Waals surface area contributed by atoms with Gasteiger partial charge in [-0.05, 0) is 24.6 Å². The van der Waals surface area contributed by atoms with Gasteiger partial charge in [0.25, 0.3) is 5.91 Å². The van der Waals surface area contributed by atoms with E-state index in [1.165, 1.54) is 18.2 Å². The van der Waals surface area contributed by atoms with Crippen molar-refractivity contribution in [2.45, 2.75) is 12.5 Å². The summed E-state index contributed by atoms with van der Waals surface area (Å²) in [5.41, 5.74) is 0.140. The zero-order valence-corrected chi connectivity index (χ0v) is 11.0. The summed E-state index contributed by atoms with van der Waals surface area (Å²) in [7, 11) is -3.04. The maximum absolute atomic E-state index is 11.9. The molecular weight excluding hydrogens is 278 g/mol. The lowest BCUT2D eigenvalue weighted by atomic mass is 10.1. The Morgan fingerprint density at radius 3 is 2.78 bits per heavy atom. The number of rotatable bonds is 2. The number of amides is 1. The monoisotopic (exact) mass is 289 g/mol. The number of hydrogen-bond acceptors (Lipinski definition) is 4. The summed E-state index contributed by atoms with van der Waals surface area (Å²) < 4.78 is 22.5. The number of halogens is 1. The number of hydrogen-bond donors (Lipinski definition) is 2. The topological polar surface area (TPSA) is 83.5 Å². The molecule has 0 radical (unpaired) electrons. The maximum atomic E-state index is 11.9. The van der Waals surface area contributed by atoms with Crippen LogP contribution in [0.5, 0.6) is 5.75 Å². The van der Waals surface area contributed by atoms with Crippen molar-refractivity contribution in [3.8, 4) is 5.75 Å². The Bertz CT molecular complexity index is 585. The number of carbonyl (C=O) groups excluding carboxylic acids is 1. The molecule has 1 aromatic carbocycles. The highest BCUT2D eigenvalue weighted by atomic mass is 35.5. The van der Waals surface area contributed by atoms with E-state index in [0.29, 0.717) is 6.42 Å². The van der Waals surface area contributed by atoms with Gasteiger partial charge < -0.3 is 10.4 Å². The molecule has 1 amide bonds. The second-order valence-electron chi connectivity index (χ2n) is 4.24. The standard InChI is InChI=1S/C11H12ClNO4S/c12-10-2-1-8(14)5-9(10)11(15)13-7-3-4-18(16,17)6-7/h1-2,5,7,14H,3-4,6H2,(H,13,15). The first-order valence-electron chi connectivity index (χ1n) is 5.37. The fourth-order valence-electron chi connectivity index (χ4n) is 1.86. The molecule has 1 heterocycles. The van der Waals surface area contributed by atoms with E-state index < -0.39 is 15.7 Å². The first-order valence-corrected chi connectivity index (χ1v) is 7.57. The van der Waals surface area contributed by atoms with Crippen LogP contribution in [0.1, 0.15) is 16.8 Å². The van der Waals surface area contributed by atoms with Crippen LogP contribution >= 0.6 is 11.6 Å². The molecule has 98 valence electrons. The van der Waals surface area contributed by atoms with Crippen molar-refractivity contribution in [3.63, 3.8) is 0 Å². The summed E-state index contributed by atoms with van der Waals surface area (Å²) in [5, 5.41) is 12.1. The van der Waals surface area contributed by atoms with Crippen molar-refractivity contribution in [1.29, 1.82) is 0 Å². The summed E-state index contributed by atoms with van der Waals surface area (Å²) >= 11 is 5.84. The van der Waals surface area contributed by atoms with Gasteiger partial charge in [-0.3, -0.25) is 4.79 Å². The van der Waals surface area contributed by atoms with Crippen LogP contribution in [0.15, 0.2) is 18.2 Å². The Morgan fingerprint density at radius 1 is 1.44 bits per heavy atom. The molecule has 5 nitrogen and oxygen atoms in total. The smallest absolute Gasteiger partial charge is 0.253 e. The molecule has 0 bridgehead atoms. The van der Waals surface area contributed by atoms with Crippen molar-refractivity contribution in [2.75, 3.05) is 11.5 Å². The molecular formula is C11H12ClNO4S. The van der Waals surface area contributed by atoms with Gasteiger partial charge in [-0.25, -0.2) is 8.42 Å². The van der Waals surface area contributed by atoms with Crippen molar-refractivity contribution in [3.05, 3.63) is 28.8 Å². The molecule has 7 heteroatoms. The quantitative estimate of drug-likeness (QED) is 0.849. The van der Waals surface area contributed by atoms with Gasteiger partial charge >= 0.3 is 0 Å². The third kappa shape index (κ3) is 2.94. The summed E-state index contributed by atoms with van der Waals surface area (Å²) in [6.07, 6.45) is 0.407. The van der Waals surface area contributed by atoms with Crippen molar-refractivity contribution in [2.24, 2.45) is 0 Å². The highest BCUT2D eigenvalue weighted by Crippen LogP contribution is 2.21. The largest absolute Gasteiger partial charge is 0.508 e. The molecule has 18 heavy (non-hydrogen) atoms. The first kappa shape index (κ1) is 13.2. The van der Waals surface area contributed by atoms with Crippen molar-refractivity contribution < 1.29 is 18.3 Å². The number of phenolic OH excluding ortho intramolecular Hbond substituents is 1. The number of phenols is 1. The number of aromatic hydroxyl groups is 1. The van der Waals surface area contributed by atoms with E-state index in [-0.39, 0.29) is 33.9 Å². The predicted molar refractivity (Wildman–Crippen MR) is 67.6 cm³/mol. The van der Waals surface area contributed by atoms with Crippen LogP contribution in [0.25, 0.3) is 0 Å². The van der Waals surface area contributed by atoms with Gasteiger partial charge in [0.2, 0.25) is 0 Å². The molecule has 1 saturated heterocycles. The van der Waals surface area contributed by atoms with Gasteiger partial charge in [-0.2, -0.15) is 0 Å². The molecule has 1 aromatic rings. The van der Waals surface area contributed by atoms with Gasteiger partial charge in [0.15, 0.2) is 9.84 Å². The van der Waals surface area contributed by atoms with E-state index >= 15 is 0 Å². The third-order valence-electron chi connectivity index (χ3n) is 2.76. The minimum absolute atomic E-state index is 0.0465. The Hall–Kier alpha value is -1.27. The van der Waals surface area contributed by atoms with Gasteiger partial charge in [0.05, 0.1) is 22.1 Å². The lowest BCUT2D eigenvalue weighted by molar-refractivity contribution is 0.0941. The maximum Gasteiger partial charge on any atom is 0.253 e. The van der Waals surface area contributed by atoms with E-state index in [0.717, 1.165) is 0 Å². The Balaban J connectivity index is 2.11. The zero-order valence-electron chi connectivity index (χ0n) is 9.39. The van der Waals surface area contributed by atoms with Gasteiger partial charge in [0.1, 0.15) is 5.75 Å². The van der Waals surface area contributed by atoms with Gasteiger partial charge in [-0.1, -0.05) is 11.6 Å². The fraction of sp³-hybridized carbons (Fsp3) is 0.364. The van der Waals surface area contributed by atoms with Crippen LogP contribution in [0.4, 0.5) is 0 Å². The van der Waals surface area contributed by atoms with Crippen LogP contribution in [0.2, 0.25) is 5.02 Å². The van der Waals surface area contributed by atoms with Crippen molar-refractivity contribution in [1.82, 2.24) is 5.32 Å². The van der Waals surface area contributed by atoms with Crippen LogP contribution in [0.3, 0.4) is 0 Å². The molecule has 2 N–H and O–H groups in total. The zero-order chi connectivity index (χ0) is 13.3. The van der Waals surface area contributed by atoms with E-state index in [2.05, 4.69) is 5.32 Å². The van der Waals surface area contributed by atoms with Crippen molar-refractivity contribution >= 4 is 27.3 Å². The molecule has 1 aliphatic heterocycles. The number of sulfone groups is 1. The van der Waals surface area contributed by atoms with E-state index in [1.807, 2.05) is 0 Å². The normalized spacial score (nSPS) is 21.7.